The minimum Gasteiger partial charge on any atom is -0.371 e. The lowest BCUT2D eigenvalue weighted by atomic mass is 9.97. The lowest BCUT2D eigenvalue weighted by molar-refractivity contribution is -0.153. The smallest absolute Gasteiger partial charge is 0.328 e. The number of ether oxygens (including phenoxy) is 3. The minimum atomic E-state index is -0.883. The lowest BCUT2D eigenvalue weighted by Crippen LogP contribution is -2.54. The van der Waals surface area contributed by atoms with Crippen molar-refractivity contribution in [3.8, 4) is 0 Å². The highest BCUT2D eigenvalue weighted by atomic mass is 16.8. The number of hydrogen-bond acceptors (Lipinski definition) is 7. The normalized spacial score (nSPS) is 26.6. The van der Waals surface area contributed by atoms with Gasteiger partial charge >= 0.3 is 5.69 Å². The van der Waals surface area contributed by atoms with Crippen molar-refractivity contribution in [3.05, 3.63) is 50.6 Å². The number of aromatic nitrogens is 4. The van der Waals surface area contributed by atoms with Gasteiger partial charge in [-0.3, -0.25) is 23.8 Å². The number of rotatable bonds is 6. The van der Waals surface area contributed by atoms with E-state index < -0.39 is 41.4 Å². The third-order valence-corrected chi connectivity index (χ3v) is 5.73. The maximum Gasteiger partial charge on any atom is 0.328 e. The van der Waals surface area contributed by atoms with Crippen LogP contribution in [0.25, 0.3) is 0 Å². The van der Waals surface area contributed by atoms with E-state index in [1.54, 1.807) is 31.6 Å². The molecule has 0 radical (unpaired) electrons. The van der Waals surface area contributed by atoms with Gasteiger partial charge in [0.25, 0.3) is 11.5 Å². The Morgan fingerprint density at radius 2 is 2.06 bits per heavy atom. The summed E-state index contributed by atoms with van der Waals surface area (Å²) in [6.45, 7) is 6.02. The van der Waals surface area contributed by atoms with Crippen LogP contribution in [0.15, 0.2) is 27.9 Å². The number of nitrogens with one attached hydrogen (secondary N) is 2. The molecule has 0 unspecified atom stereocenters. The van der Waals surface area contributed by atoms with E-state index in [4.69, 9.17) is 14.2 Å². The van der Waals surface area contributed by atoms with Crippen LogP contribution in [-0.2, 0) is 27.7 Å². The molecule has 2 aromatic heterocycles. The van der Waals surface area contributed by atoms with Crippen LogP contribution in [-0.4, -0.2) is 62.5 Å². The van der Waals surface area contributed by atoms with E-state index in [0.29, 0.717) is 5.69 Å². The summed E-state index contributed by atoms with van der Waals surface area (Å²) in [7, 11) is 1.74. The SMILES string of the molecule is CCCc1cc(C(=O)NC[C@H]2OC[C@@H](n3ccc(=O)[nH]c3=O)[C@@H]3OC(C)(C)O[C@@H]32)n(C)n1. The monoisotopic (exact) mass is 447 g/mol. The van der Waals surface area contributed by atoms with Crippen molar-refractivity contribution in [3.63, 3.8) is 0 Å². The topological polar surface area (TPSA) is 129 Å². The maximum atomic E-state index is 12.7. The summed E-state index contributed by atoms with van der Waals surface area (Å²) in [4.78, 5) is 38.7. The molecule has 2 aliphatic rings. The molecule has 0 bridgehead atoms. The van der Waals surface area contributed by atoms with Gasteiger partial charge in [-0.05, 0) is 26.3 Å². The van der Waals surface area contributed by atoms with Crippen LogP contribution in [0.1, 0.15) is 49.4 Å². The average Bonchev–Trinajstić information content (AvgIpc) is 3.25. The van der Waals surface area contributed by atoms with Crippen molar-refractivity contribution >= 4 is 5.91 Å². The fourth-order valence-electron chi connectivity index (χ4n) is 4.32. The molecule has 0 aromatic carbocycles. The first-order valence-electron chi connectivity index (χ1n) is 10.8. The molecule has 11 nitrogen and oxygen atoms in total. The fraction of sp³-hybridized carbons (Fsp3) is 0.619. The first-order valence-corrected chi connectivity index (χ1v) is 10.8. The number of amides is 1. The van der Waals surface area contributed by atoms with Gasteiger partial charge in [0.15, 0.2) is 5.79 Å². The Morgan fingerprint density at radius 1 is 1.31 bits per heavy atom. The molecule has 2 fully saturated rings. The van der Waals surface area contributed by atoms with E-state index in [2.05, 4.69) is 22.3 Å². The second-order valence-electron chi connectivity index (χ2n) is 8.63. The molecular formula is C21H29N5O6. The quantitative estimate of drug-likeness (QED) is 0.643. The number of H-pyrrole nitrogens is 1. The molecule has 0 spiro atoms. The molecule has 2 saturated heterocycles. The van der Waals surface area contributed by atoms with Gasteiger partial charge in [0.2, 0.25) is 0 Å². The van der Waals surface area contributed by atoms with Gasteiger partial charge in [0.05, 0.1) is 18.3 Å². The summed E-state index contributed by atoms with van der Waals surface area (Å²) in [6.07, 6.45) is 1.72. The third kappa shape index (κ3) is 4.41. The van der Waals surface area contributed by atoms with E-state index in [-0.39, 0.29) is 19.1 Å². The summed E-state index contributed by atoms with van der Waals surface area (Å²) in [5.41, 5.74) is 0.338. The molecule has 4 heterocycles. The molecule has 1 amide bonds. The molecule has 2 aliphatic heterocycles. The zero-order chi connectivity index (χ0) is 23.0. The number of carbonyl (C=O) groups excluding carboxylic acids is 1. The van der Waals surface area contributed by atoms with Crippen LogP contribution in [0, 0.1) is 0 Å². The van der Waals surface area contributed by atoms with Gasteiger partial charge in [0.1, 0.15) is 24.0 Å². The molecule has 0 aliphatic carbocycles. The third-order valence-electron chi connectivity index (χ3n) is 5.73. The standard InChI is InChI=1S/C21H29N5O6/c1-5-6-12-9-13(25(4)24-12)19(28)22-10-15-18-17(31-21(2,3)32-18)14(11-30-15)26-8-7-16(27)23-20(26)29/h7-9,14-15,17-18H,5-6,10-11H2,1-4H3,(H,22,28)(H,23,27,29)/t14-,15-,17+,18-/m1/s1. The number of fused-ring (bicyclic) bond motifs is 1. The summed E-state index contributed by atoms with van der Waals surface area (Å²) in [5, 5.41) is 7.27. The van der Waals surface area contributed by atoms with Crippen molar-refractivity contribution in [2.45, 2.75) is 63.8 Å². The Balaban J connectivity index is 1.49. The van der Waals surface area contributed by atoms with Crippen molar-refractivity contribution < 1.29 is 19.0 Å². The molecule has 11 heteroatoms. The highest BCUT2D eigenvalue weighted by molar-refractivity contribution is 5.92. The Kier molecular flexibility index (Phi) is 6.06. The fourth-order valence-corrected chi connectivity index (χ4v) is 4.32. The Morgan fingerprint density at radius 3 is 2.78 bits per heavy atom. The van der Waals surface area contributed by atoms with Crippen LogP contribution < -0.4 is 16.6 Å². The van der Waals surface area contributed by atoms with E-state index in [0.717, 1.165) is 18.5 Å². The molecular weight excluding hydrogens is 418 g/mol. The predicted octanol–water partition coefficient (Wildman–Crippen LogP) is 0.113. The average molecular weight is 447 g/mol. The van der Waals surface area contributed by atoms with Gasteiger partial charge in [-0.1, -0.05) is 13.3 Å². The number of nitrogens with zero attached hydrogens (tertiary/aromatic N) is 3. The molecule has 0 saturated carbocycles. The van der Waals surface area contributed by atoms with Crippen LogP contribution in [0.5, 0.6) is 0 Å². The van der Waals surface area contributed by atoms with Crippen molar-refractivity contribution in [1.82, 2.24) is 24.6 Å². The maximum absolute atomic E-state index is 12.7. The minimum absolute atomic E-state index is 0.166. The van der Waals surface area contributed by atoms with Gasteiger partial charge in [-0.15, -0.1) is 0 Å². The molecule has 4 atom stereocenters. The second kappa shape index (κ2) is 8.64. The number of aromatic amines is 1. The van der Waals surface area contributed by atoms with Crippen molar-refractivity contribution in [2.24, 2.45) is 7.05 Å². The zero-order valence-electron chi connectivity index (χ0n) is 18.7. The molecule has 32 heavy (non-hydrogen) atoms. The molecule has 2 N–H and O–H groups in total. The van der Waals surface area contributed by atoms with E-state index in [9.17, 15) is 14.4 Å². The Bertz CT molecular complexity index is 1100. The van der Waals surface area contributed by atoms with Crippen LogP contribution in [0.2, 0.25) is 0 Å². The van der Waals surface area contributed by atoms with E-state index in [1.165, 1.54) is 16.8 Å². The van der Waals surface area contributed by atoms with Gasteiger partial charge < -0.3 is 19.5 Å². The highest BCUT2D eigenvalue weighted by Gasteiger charge is 2.52. The Hall–Kier alpha value is -2.76. The number of aryl methyl sites for hydroxylation is 2. The summed E-state index contributed by atoms with van der Waals surface area (Å²) >= 11 is 0. The predicted molar refractivity (Wildman–Crippen MR) is 113 cm³/mol. The van der Waals surface area contributed by atoms with Gasteiger partial charge in [0, 0.05) is 25.9 Å². The zero-order valence-corrected chi connectivity index (χ0v) is 18.7. The van der Waals surface area contributed by atoms with Crippen LogP contribution in [0.4, 0.5) is 0 Å². The molecule has 174 valence electrons. The summed E-state index contributed by atoms with van der Waals surface area (Å²) in [6, 6.07) is 2.59. The van der Waals surface area contributed by atoms with Crippen molar-refractivity contribution in [2.75, 3.05) is 13.2 Å². The number of carbonyl (C=O) groups is 1. The lowest BCUT2D eigenvalue weighted by Gasteiger charge is -2.37. The Labute approximate surface area is 184 Å². The van der Waals surface area contributed by atoms with E-state index >= 15 is 0 Å². The first-order chi connectivity index (χ1) is 15.2. The van der Waals surface area contributed by atoms with Gasteiger partial charge in [-0.2, -0.15) is 5.10 Å². The van der Waals surface area contributed by atoms with Crippen molar-refractivity contribution in [1.29, 1.82) is 0 Å². The second-order valence-corrected chi connectivity index (χ2v) is 8.63. The molecule has 4 rings (SSSR count). The highest BCUT2D eigenvalue weighted by Crippen LogP contribution is 2.39. The van der Waals surface area contributed by atoms with Crippen LogP contribution in [0.3, 0.4) is 0 Å². The van der Waals surface area contributed by atoms with Gasteiger partial charge in [-0.25, -0.2) is 4.79 Å². The summed E-state index contributed by atoms with van der Waals surface area (Å²) < 4.78 is 21.1. The number of hydrogen-bond donors (Lipinski definition) is 2. The van der Waals surface area contributed by atoms with Crippen LogP contribution >= 0.6 is 0 Å². The van der Waals surface area contributed by atoms with E-state index in [1.807, 2.05) is 0 Å². The molecule has 2 aromatic rings. The summed E-state index contributed by atoms with van der Waals surface area (Å²) in [5.74, 6) is -1.13. The largest absolute Gasteiger partial charge is 0.371 e. The first kappa shape index (κ1) is 22.4.